The number of halogens is 1. The third-order valence-corrected chi connectivity index (χ3v) is 4.36. The van der Waals surface area contributed by atoms with E-state index in [-0.39, 0.29) is 17.9 Å². The number of carbonyl (C=O) groups is 1. The summed E-state index contributed by atoms with van der Waals surface area (Å²) in [6.07, 6.45) is 2.92. The van der Waals surface area contributed by atoms with Crippen LogP contribution in [0.25, 0.3) is 0 Å². The predicted molar refractivity (Wildman–Crippen MR) is 74.5 cm³/mol. The summed E-state index contributed by atoms with van der Waals surface area (Å²) in [7, 11) is 0. The molecule has 0 bridgehead atoms. The average Bonchev–Trinajstić information content (AvgIpc) is 2.98. The zero-order valence-electron chi connectivity index (χ0n) is 11.1. The Morgan fingerprint density at radius 2 is 2.30 bits per heavy atom. The molecule has 0 radical (unpaired) electrons. The van der Waals surface area contributed by atoms with Crippen LogP contribution in [0.3, 0.4) is 0 Å². The standard InChI is InChI=1S/C15H17ClO4/c16-12-7-10(15(4-5-15)8-14(17)18)1-2-13(12)20-11-3-6-19-9-11/h1-2,7,11H,3-6,8-9H2,(H,17,18). The first-order valence-electron chi connectivity index (χ1n) is 6.85. The lowest BCUT2D eigenvalue weighted by molar-refractivity contribution is -0.137. The summed E-state index contributed by atoms with van der Waals surface area (Å²) in [5.74, 6) is -0.112. The van der Waals surface area contributed by atoms with E-state index < -0.39 is 5.97 Å². The van der Waals surface area contributed by atoms with Gasteiger partial charge in [-0.1, -0.05) is 17.7 Å². The van der Waals surface area contributed by atoms with Gasteiger partial charge in [0.05, 0.1) is 24.7 Å². The fraction of sp³-hybridized carbons (Fsp3) is 0.533. The molecule has 1 aromatic carbocycles. The second-order valence-corrected chi connectivity index (χ2v) is 6.01. The maximum absolute atomic E-state index is 10.9. The summed E-state index contributed by atoms with van der Waals surface area (Å²) in [5, 5.41) is 9.54. The molecule has 1 aliphatic heterocycles. The van der Waals surface area contributed by atoms with Crippen LogP contribution >= 0.6 is 11.6 Å². The van der Waals surface area contributed by atoms with Crippen LogP contribution in [-0.2, 0) is 14.9 Å². The molecule has 0 spiro atoms. The number of aliphatic carboxylic acids is 1. The van der Waals surface area contributed by atoms with Gasteiger partial charge in [0.15, 0.2) is 0 Å². The van der Waals surface area contributed by atoms with Crippen LogP contribution in [0.1, 0.15) is 31.2 Å². The largest absolute Gasteiger partial charge is 0.486 e. The Labute approximate surface area is 122 Å². The number of rotatable bonds is 5. The van der Waals surface area contributed by atoms with Crippen LogP contribution in [-0.4, -0.2) is 30.4 Å². The number of carboxylic acids is 1. The van der Waals surface area contributed by atoms with Gasteiger partial charge < -0.3 is 14.6 Å². The molecule has 1 aliphatic carbocycles. The second-order valence-electron chi connectivity index (χ2n) is 5.60. The minimum atomic E-state index is -0.762. The highest BCUT2D eigenvalue weighted by molar-refractivity contribution is 6.32. The van der Waals surface area contributed by atoms with Crippen molar-refractivity contribution in [3.63, 3.8) is 0 Å². The van der Waals surface area contributed by atoms with E-state index in [4.69, 9.17) is 26.2 Å². The molecule has 1 saturated heterocycles. The summed E-state index contributed by atoms with van der Waals surface area (Å²) >= 11 is 6.26. The fourth-order valence-electron chi connectivity index (χ4n) is 2.72. The Balaban J connectivity index is 1.75. The normalized spacial score (nSPS) is 23.6. The first-order chi connectivity index (χ1) is 9.59. The zero-order chi connectivity index (χ0) is 14.2. The maximum Gasteiger partial charge on any atom is 0.304 e. The number of hydrogen-bond donors (Lipinski definition) is 1. The Morgan fingerprint density at radius 3 is 2.85 bits per heavy atom. The van der Waals surface area contributed by atoms with Gasteiger partial charge in [0.25, 0.3) is 0 Å². The van der Waals surface area contributed by atoms with E-state index in [1.807, 2.05) is 18.2 Å². The molecule has 1 saturated carbocycles. The van der Waals surface area contributed by atoms with Crippen molar-refractivity contribution in [2.45, 2.75) is 37.2 Å². The predicted octanol–water partition coefficient (Wildman–Crippen LogP) is 3.01. The molecule has 1 heterocycles. The van der Waals surface area contributed by atoms with Crippen LogP contribution in [0.2, 0.25) is 5.02 Å². The van der Waals surface area contributed by atoms with Gasteiger partial charge in [-0.3, -0.25) is 4.79 Å². The average molecular weight is 297 g/mol. The van der Waals surface area contributed by atoms with Crippen molar-refractivity contribution in [1.82, 2.24) is 0 Å². The van der Waals surface area contributed by atoms with E-state index in [1.54, 1.807) is 0 Å². The lowest BCUT2D eigenvalue weighted by Gasteiger charge is -2.17. The minimum absolute atomic E-state index is 0.0623. The molecule has 1 aromatic rings. The molecule has 0 amide bonds. The van der Waals surface area contributed by atoms with Crippen molar-refractivity contribution < 1.29 is 19.4 Å². The molecule has 2 aliphatic rings. The fourth-order valence-corrected chi connectivity index (χ4v) is 2.94. The van der Waals surface area contributed by atoms with E-state index >= 15 is 0 Å². The zero-order valence-corrected chi connectivity index (χ0v) is 11.9. The highest BCUT2D eigenvalue weighted by atomic mass is 35.5. The third-order valence-electron chi connectivity index (χ3n) is 4.07. The highest BCUT2D eigenvalue weighted by Gasteiger charge is 2.46. The SMILES string of the molecule is O=C(O)CC1(c2ccc(OC3CCOC3)c(Cl)c2)CC1. The third kappa shape index (κ3) is 2.76. The molecule has 108 valence electrons. The van der Waals surface area contributed by atoms with Gasteiger partial charge in [0, 0.05) is 11.8 Å². The molecule has 1 unspecified atom stereocenters. The summed E-state index contributed by atoms with van der Waals surface area (Å²) in [6, 6.07) is 5.63. The lowest BCUT2D eigenvalue weighted by Crippen LogP contribution is -2.16. The molecule has 0 aromatic heterocycles. The van der Waals surface area contributed by atoms with Crippen molar-refractivity contribution >= 4 is 17.6 Å². The van der Waals surface area contributed by atoms with Gasteiger partial charge in [-0.05, 0) is 30.5 Å². The van der Waals surface area contributed by atoms with Gasteiger partial charge in [-0.15, -0.1) is 0 Å². The van der Waals surface area contributed by atoms with Crippen LogP contribution < -0.4 is 4.74 Å². The number of hydrogen-bond acceptors (Lipinski definition) is 3. The minimum Gasteiger partial charge on any atom is -0.486 e. The summed E-state index contributed by atoms with van der Waals surface area (Å²) in [5.41, 5.74) is 0.782. The number of carboxylic acid groups (broad SMARTS) is 1. The Kier molecular flexibility index (Phi) is 3.61. The Hall–Kier alpha value is -1.26. The van der Waals surface area contributed by atoms with E-state index in [0.29, 0.717) is 17.4 Å². The molecule has 5 heteroatoms. The second kappa shape index (κ2) is 5.26. The Morgan fingerprint density at radius 1 is 1.50 bits per heavy atom. The van der Waals surface area contributed by atoms with Crippen LogP contribution in [0.4, 0.5) is 0 Å². The van der Waals surface area contributed by atoms with Crippen molar-refractivity contribution in [1.29, 1.82) is 0 Å². The van der Waals surface area contributed by atoms with Crippen molar-refractivity contribution in [2.24, 2.45) is 0 Å². The molecule has 20 heavy (non-hydrogen) atoms. The topological polar surface area (TPSA) is 55.8 Å². The Bertz CT molecular complexity index is 519. The van der Waals surface area contributed by atoms with E-state index in [2.05, 4.69) is 0 Å². The van der Waals surface area contributed by atoms with E-state index in [1.165, 1.54) is 0 Å². The summed E-state index contributed by atoms with van der Waals surface area (Å²) in [6.45, 7) is 1.32. The van der Waals surface area contributed by atoms with E-state index in [0.717, 1.165) is 31.4 Å². The molecule has 2 fully saturated rings. The smallest absolute Gasteiger partial charge is 0.304 e. The van der Waals surface area contributed by atoms with Crippen LogP contribution in [0, 0.1) is 0 Å². The molecule has 1 N–H and O–H groups in total. The van der Waals surface area contributed by atoms with Gasteiger partial charge in [-0.25, -0.2) is 0 Å². The van der Waals surface area contributed by atoms with Gasteiger partial charge in [0.1, 0.15) is 11.9 Å². The van der Waals surface area contributed by atoms with Crippen LogP contribution in [0.15, 0.2) is 18.2 Å². The quantitative estimate of drug-likeness (QED) is 0.907. The van der Waals surface area contributed by atoms with Crippen molar-refractivity contribution in [3.05, 3.63) is 28.8 Å². The first kappa shape index (κ1) is 13.7. The summed E-state index contributed by atoms with van der Waals surface area (Å²) < 4.78 is 11.1. The monoisotopic (exact) mass is 296 g/mol. The first-order valence-corrected chi connectivity index (χ1v) is 7.23. The molecular formula is C15H17ClO4. The maximum atomic E-state index is 10.9. The van der Waals surface area contributed by atoms with Gasteiger partial charge in [0.2, 0.25) is 0 Å². The molecular weight excluding hydrogens is 280 g/mol. The highest BCUT2D eigenvalue weighted by Crippen LogP contribution is 2.52. The lowest BCUT2D eigenvalue weighted by atomic mass is 9.92. The van der Waals surface area contributed by atoms with E-state index in [9.17, 15) is 4.79 Å². The van der Waals surface area contributed by atoms with Crippen LogP contribution in [0.5, 0.6) is 5.75 Å². The molecule has 3 rings (SSSR count). The number of benzene rings is 1. The van der Waals surface area contributed by atoms with Crippen molar-refractivity contribution in [3.8, 4) is 5.75 Å². The van der Waals surface area contributed by atoms with Gasteiger partial charge in [-0.2, -0.15) is 0 Å². The van der Waals surface area contributed by atoms with Gasteiger partial charge >= 0.3 is 5.97 Å². The molecule has 4 nitrogen and oxygen atoms in total. The summed E-state index contributed by atoms with van der Waals surface area (Å²) in [4.78, 5) is 10.9. The molecule has 1 atom stereocenters. The number of ether oxygens (including phenoxy) is 2. The van der Waals surface area contributed by atoms with Crippen molar-refractivity contribution in [2.75, 3.05) is 13.2 Å².